The quantitative estimate of drug-likeness (QED) is 0.687. The lowest BCUT2D eigenvalue weighted by Gasteiger charge is -2.10. The molecule has 1 aromatic heterocycles. The number of hydrogen-bond donors (Lipinski definition) is 1. The zero-order chi connectivity index (χ0) is 15.6. The fraction of sp³-hybridized carbons (Fsp3) is 0.353. The van der Waals surface area contributed by atoms with E-state index in [1.54, 1.807) is 0 Å². The van der Waals surface area contributed by atoms with E-state index < -0.39 is 0 Å². The van der Waals surface area contributed by atoms with Gasteiger partial charge in [0.15, 0.2) is 0 Å². The number of anilines is 1. The van der Waals surface area contributed by atoms with Gasteiger partial charge < -0.3 is 0 Å². The van der Waals surface area contributed by atoms with E-state index in [1.165, 1.54) is 16.7 Å². The SMILES string of the molecule is C/C(=N/Nc1nc(C)cc(C)n1)c1cc(C)c(C)cc1C. The molecular formula is C17H22N4. The lowest BCUT2D eigenvalue weighted by molar-refractivity contribution is 1.03. The number of hydrogen-bond acceptors (Lipinski definition) is 4. The molecule has 0 bridgehead atoms. The summed E-state index contributed by atoms with van der Waals surface area (Å²) in [4.78, 5) is 8.65. The van der Waals surface area contributed by atoms with Gasteiger partial charge in [0, 0.05) is 17.0 Å². The van der Waals surface area contributed by atoms with Crippen molar-refractivity contribution in [2.45, 2.75) is 41.5 Å². The molecule has 0 spiro atoms. The molecular weight excluding hydrogens is 260 g/mol. The third-order valence-corrected chi connectivity index (χ3v) is 3.54. The maximum Gasteiger partial charge on any atom is 0.243 e. The zero-order valence-electron chi connectivity index (χ0n) is 13.6. The van der Waals surface area contributed by atoms with E-state index in [1.807, 2.05) is 26.8 Å². The standard InChI is InChI=1S/C17H22N4/c1-10-7-12(3)16(8-11(10)2)15(6)20-21-17-18-13(4)9-14(5)19-17/h7-9H,1-6H3,(H,18,19,21)/b20-15-. The topological polar surface area (TPSA) is 50.2 Å². The first-order chi connectivity index (χ1) is 9.86. The highest BCUT2D eigenvalue weighted by atomic mass is 15.4. The second kappa shape index (κ2) is 6.04. The van der Waals surface area contributed by atoms with E-state index in [-0.39, 0.29) is 0 Å². The fourth-order valence-electron chi connectivity index (χ4n) is 2.32. The zero-order valence-corrected chi connectivity index (χ0v) is 13.6. The van der Waals surface area contributed by atoms with Crippen LogP contribution in [0.3, 0.4) is 0 Å². The lowest BCUT2D eigenvalue weighted by atomic mass is 9.98. The van der Waals surface area contributed by atoms with Crippen molar-refractivity contribution in [1.29, 1.82) is 0 Å². The number of rotatable bonds is 3. The van der Waals surface area contributed by atoms with E-state index in [0.717, 1.165) is 22.7 Å². The molecule has 1 aromatic carbocycles. The Labute approximate surface area is 126 Å². The lowest BCUT2D eigenvalue weighted by Crippen LogP contribution is -2.06. The molecule has 4 heteroatoms. The number of aromatic nitrogens is 2. The van der Waals surface area contributed by atoms with Crippen molar-refractivity contribution in [1.82, 2.24) is 9.97 Å². The molecule has 21 heavy (non-hydrogen) atoms. The first-order valence-electron chi connectivity index (χ1n) is 7.07. The van der Waals surface area contributed by atoms with Crippen LogP contribution in [-0.2, 0) is 0 Å². The van der Waals surface area contributed by atoms with Gasteiger partial charge in [0.2, 0.25) is 5.95 Å². The first-order valence-corrected chi connectivity index (χ1v) is 7.07. The summed E-state index contributed by atoms with van der Waals surface area (Å²) >= 11 is 0. The second-order valence-corrected chi connectivity index (χ2v) is 5.53. The van der Waals surface area contributed by atoms with Gasteiger partial charge in [-0.15, -0.1) is 0 Å². The Bertz CT molecular complexity index is 682. The normalized spacial score (nSPS) is 11.6. The van der Waals surface area contributed by atoms with Crippen molar-refractivity contribution in [3.05, 3.63) is 51.8 Å². The number of aryl methyl sites for hydroxylation is 5. The molecule has 0 aliphatic rings. The van der Waals surface area contributed by atoms with Gasteiger partial charge in [-0.2, -0.15) is 5.10 Å². The summed E-state index contributed by atoms with van der Waals surface area (Å²) < 4.78 is 0. The van der Waals surface area contributed by atoms with Crippen LogP contribution in [0.5, 0.6) is 0 Å². The van der Waals surface area contributed by atoms with Crippen LogP contribution in [0.4, 0.5) is 5.95 Å². The smallest absolute Gasteiger partial charge is 0.243 e. The first kappa shape index (κ1) is 15.2. The predicted molar refractivity (Wildman–Crippen MR) is 88.0 cm³/mol. The fourth-order valence-corrected chi connectivity index (χ4v) is 2.32. The van der Waals surface area contributed by atoms with Crippen LogP contribution < -0.4 is 5.43 Å². The molecule has 0 amide bonds. The molecule has 110 valence electrons. The van der Waals surface area contributed by atoms with Gasteiger partial charge in [0.25, 0.3) is 0 Å². The molecule has 0 atom stereocenters. The van der Waals surface area contributed by atoms with E-state index in [4.69, 9.17) is 0 Å². The largest absolute Gasteiger partial charge is 0.245 e. The van der Waals surface area contributed by atoms with E-state index in [9.17, 15) is 0 Å². The molecule has 2 rings (SSSR count). The summed E-state index contributed by atoms with van der Waals surface area (Å²) in [6, 6.07) is 6.31. The second-order valence-electron chi connectivity index (χ2n) is 5.53. The van der Waals surface area contributed by atoms with Crippen LogP contribution in [-0.4, -0.2) is 15.7 Å². The third kappa shape index (κ3) is 3.66. The molecule has 1 N–H and O–H groups in total. The van der Waals surface area contributed by atoms with E-state index in [2.05, 4.69) is 53.4 Å². The van der Waals surface area contributed by atoms with Crippen molar-refractivity contribution in [3.63, 3.8) is 0 Å². The van der Waals surface area contributed by atoms with Crippen molar-refractivity contribution in [2.75, 3.05) is 5.43 Å². The maximum atomic E-state index is 4.42. The van der Waals surface area contributed by atoms with Gasteiger partial charge in [-0.3, -0.25) is 0 Å². The number of hydrazone groups is 1. The van der Waals surface area contributed by atoms with Crippen LogP contribution in [0, 0.1) is 34.6 Å². The van der Waals surface area contributed by atoms with Gasteiger partial charge in [-0.25, -0.2) is 15.4 Å². The summed E-state index contributed by atoms with van der Waals surface area (Å²) in [5.41, 5.74) is 10.7. The minimum Gasteiger partial charge on any atom is -0.245 e. The van der Waals surface area contributed by atoms with E-state index >= 15 is 0 Å². The molecule has 2 aromatic rings. The van der Waals surface area contributed by atoms with Crippen molar-refractivity contribution in [2.24, 2.45) is 5.10 Å². The molecule has 0 aliphatic carbocycles. The Hall–Kier alpha value is -2.23. The van der Waals surface area contributed by atoms with Gasteiger partial charge in [0.05, 0.1) is 5.71 Å². The number of benzene rings is 1. The molecule has 4 nitrogen and oxygen atoms in total. The van der Waals surface area contributed by atoms with Crippen molar-refractivity contribution >= 4 is 11.7 Å². The minimum absolute atomic E-state index is 0.535. The Balaban J connectivity index is 2.27. The van der Waals surface area contributed by atoms with Crippen LogP contribution in [0.2, 0.25) is 0 Å². The molecule has 0 unspecified atom stereocenters. The average Bonchev–Trinajstić information content (AvgIpc) is 2.39. The van der Waals surface area contributed by atoms with Gasteiger partial charge in [-0.1, -0.05) is 6.07 Å². The third-order valence-electron chi connectivity index (χ3n) is 3.54. The Morgan fingerprint density at radius 2 is 1.43 bits per heavy atom. The maximum absolute atomic E-state index is 4.42. The van der Waals surface area contributed by atoms with Crippen LogP contribution >= 0.6 is 0 Å². The van der Waals surface area contributed by atoms with Crippen molar-refractivity contribution < 1.29 is 0 Å². The van der Waals surface area contributed by atoms with Crippen LogP contribution in [0.15, 0.2) is 23.3 Å². The Morgan fingerprint density at radius 1 is 0.857 bits per heavy atom. The van der Waals surface area contributed by atoms with Crippen LogP contribution in [0.1, 0.15) is 40.6 Å². The number of nitrogens with zero attached hydrogens (tertiary/aromatic N) is 3. The highest BCUT2D eigenvalue weighted by Gasteiger charge is 2.05. The molecule has 0 saturated heterocycles. The molecule has 0 radical (unpaired) electrons. The number of nitrogens with one attached hydrogen (secondary N) is 1. The van der Waals surface area contributed by atoms with Crippen molar-refractivity contribution in [3.8, 4) is 0 Å². The Kier molecular flexibility index (Phi) is 4.36. The summed E-state index contributed by atoms with van der Waals surface area (Å²) in [6.07, 6.45) is 0. The van der Waals surface area contributed by atoms with Gasteiger partial charge >= 0.3 is 0 Å². The predicted octanol–water partition coefficient (Wildman–Crippen LogP) is 3.85. The van der Waals surface area contributed by atoms with Gasteiger partial charge in [-0.05, 0) is 70.4 Å². The molecule has 0 aliphatic heterocycles. The molecule has 1 heterocycles. The summed E-state index contributed by atoms with van der Waals surface area (Å²) in [5.74, 6) is 0.535. The highest BCUT2D eigenvalue weighted by molar-refractivity contribution is 6.00. The summed E-state index contributed by atoms with van der Waals surface area (Å²) in [5, 5.41) is 4.42. The highest BCUT2D eigenvalue weighted by Crippen LogP contribution is 2.16. The minimum atomic E-state index is 0.535. The molecule has 0 saturated carbocycles. The van der Waals surface area contributed by atoms with Gasteiger partial charge in [0.1, 0.15) is 0 Å². The summed E-state index contributed by atoms with van der Waals surface area (Å²) in [7, 11) is 0. The monoisotopic (exact) mass is 282 g/mol. The Morgan fingerprint density at radius 3 is 2.05 bits per heavy atom. The average molecular weight is 282 g/mol. The summed E-state index contributed by atoms with van der Waals surface area (Å²) in [6.45, 7) is 12.2. The van der Waals surface area contributed by atoms with E-state index in [0.29, 0.717) is 5.95 Å². The molecule has 0 fully saturated rings. The van der Waals surface area contributed by atoms with Crippen LogP contribution in [0.25, 0.3) is 0 Å².